The van der Waals surface area contributed by atoms with E-state index in [0.29, 0.717) is 17.4 Å². The van der Waals surface area contributed by atoms with Crippen LogP contribution in [0.15, 0.2) is 24.3 Å². The normalized spacial score (nSPS) is 25.6. The molecule has 2 saturated heterocycles. The first-order valence-corrected chi connectivity index (χ1v) is 9.01. The van der Waals surface area contributed by atoms with Crippen LogP contribution < -0.4 is 21.7 Å². The van der Waals surface area contributed by atoms with E-state index in [1.807, 2.05) is 23.9 Å². The zero-order chi connectivity index (χ0) is 16.2. The van der Waals surface area contributed by atoms with Crippen molar-refractivity contribution in [3.63, 3.8) is 0 Å². The molecule has 3 atom stereocenters. The molecule has 0 saturated carbocycles. The molecule has 2 aliphatic rings. The Bertz CT molecular complexity index is 595. The summed E-state index contributed by atoms with van der Waals surface area (Å²) in [5, 5.41) is 9.25. The SMILES string of the molecule is Nc1cccc(NC(=O)CCCC[C@@H]2SC[C@@H]3NC(=O)N[C@@H]32)c1. The fraction of sp³-hybridized carbons (Fsp3) is 0.500. The third-order valence-corrected chi connectivity index (χ3v) is 5.76. The number of anilines is 2. The fourth-order valence-electron chi connectivity index (χ4n) is 3.11. The van der Waals surface area contributed by atoms with Gasteiger partial charge in [0.05, 0.1) is 12.1 Å². The highest BCUT2D eigenvalue weighted by Gasteiger charge is 2.42. The molecule has 1 aromatic carbocycles. The number of nitrogen functional groups attached to an aromatic ring is 1. The smallest absolute Gasteiger partial charge is 0.315 e. The molecule has 0 bridgehead atoms. The Kier molecular flexibility index (Phi) is 4.95. The molecule has 2 aliphatic heterocycles. The number of carbonyl (C=O) groups is 2. The van der Waals surface area contributed by atoms with Crippen LogP contribution in [0, 0.1) is 0 Å². The molecule has 3 rings (SSSR count). The molecule has 0 aliphatic carbocycles. The van der Waals surface area contributed by atoms with Crippen molar-refractivity contribution in [2.45, 2.75) is 43.0 Å². The summed E-state index contributed by atoms with van der Waals surface area (Å²) in [6.07, 6.45) is 3.37. The maximum absolute atomic E-state index is 11.9. The first-order valence-electron chi connectivity index (χ1n) is 7.96. The Balaban J connectivity index is 1.35. The second kappa shape index (κ2) is 7.12. The number of hydrogen-bond acceptors (Lipinski definition) is 4. The topological polar surface area (TPSA) is 96.2 Å². The Hall–Kier alpha value is -1.89. The van der Waals surface area contributed by atoms with Gasteiger partial charge in [0.15, 0.2) is 0 Å². The van der Waals surface area contributed by atoms with Crippen molar-refractivity contribution in [1.29, 1.82) is 0 Å². The number of nitrogens with two attached hydrogens (primary N) is 1. The van der Waals surface area contributed by atoms with Crippen LogP contribution in [0.5, 0.6) is 0 Å². The van der Waals surface area contributed by atoms with Crippen molar-refractivity contribution >= 4 is 35.1 Å². The van der Waals surface area contributed by atoms with Crippen LogP contribution in [-0.2, 0) is 4.79 Å². The number of urea groups is 1. The highest BCUT2D eigenvalue weighted by atomic mass is 32.2. The third kappa shape index (κ3) is 4.10. The average molecular weight is 334 g/mol. The maximum Gasteiger partial charge on any atom is 0.315 e. The molecule has 2 heterocycles. The van der Waals surface area contributed by atoms with Gasteiger partial charge in [-0.2, -0.15) is 11.8 Å². The van der Waals surface area contributed by atoms with E-state index < -0.39 is 0 Å². The average Bonchev–Trinajstić information content (AvgIpc) is 3.03. The minimum atomic E-state index is -0.0492. The molecular formula is C16H22N4O2S. The number of amides is 3. The predicted octanol–water partition coefficient (Wildman–Crippen LogP) is 1.93. The first-order chi connectivity index (χ1) is 11.1. The molecule has 0 spiro atoms. The van der Waals surface area contributed by atoms with E-state index >= 15 is 0 Å². The van der Waals surface area contributed by atoms with Gasteiger partial charge in [-0.25, -0.2) is 4.79 Å². The number of hydrogen-bond donors (Lipinski definition) is 4. The van der Waals surface area contributed by atoms with Crippen molar-refractivity contribution < 1.29 is 9.59 Å². The molecule has 1 aromatic rings. The van der Waals surface area contributed by atoms with Gasteiger partial charge >= 0.3 is 6.03 Å². The Labute approximate surface area is 140 Å². The lowest BCUT2D eigenvalue weighted by molar-refractivity contribution is -0.116. The molecule has 3 amide bonds. The van der Waals surface area contributed by atoms with E-state index in [9.17, 15) is 9.59 Å². The van der Waals surface area contributed by atoms with Crippen LogP contribution in [-0.4, -0.2) is 35.0 Å². The van der Waals surface area contributed by atoms with E-state index in [0.717, 1.165) is 30.7 Å². The van der Waals surface area contributed by atoms with Crippen molar-refractivity contribution in [2.24, 2.45) is 0 Å². The van der Waals surface area contributed by atoms with Gasteiger partial charge in [0.2, 0.25) is 5.91 Å². The van der Waals surface area contributed by atoms with E-state index in [2.05, 4.69) is 16.0 Å². The molecule has 23 heavy (non-hydrogen) atoms. The summed E-state index contributed by atoms with van der Waals surface area (Å²) in [6.45, 7) is 0. The van der Waals surface area contributed by atoms with Crippen LogP contribution >= 0.6 is 11.8 Å². The maximum atomic E-state index is 11.9. The van der Waals surface area contributed by atoms with Gasteiger partial charge in [0.1, 0.15) is 0 Å². The Morgan fingerprint density at radius 1 is 1.35 bits per heavy atom. The summed E-state index contributed by atoms with van der Waals surface area (Å²) in [5.41, 5.74) is 7.07. The molecule has 124 valence electrons. The number of benzene rings is 1. The molecule has 7 heteroatoms. The Morgan fingerprint density at radius 2 is 2.22 bits per heavy atom. The summed E-state index contributed by atoms with van der Waals surface area (Å²) < 4.78 is 0. The number of thioether (sulfide) groups is 1. The Morgan fingerprint density at radius 3 is 3.04 bits per heavy atom. The van der Waals surface area contributed by atoms with Gasteiger partial charge in [0, 0.05) is 28.8 Å². The van der Waals surface area contributed by atoms with Crippen LogP contribution in [0.3, 0.4) is 0 Å². The third-order valence-electron chi connectivity index (χ3n) is 4.25. The van der Waals surface area contributed by atoms with E-state index in [4.69, 9.17) is 5.73 Å². The van der Waals surface area contributed by atoms with Crippen LogP contribution in [0.1, 0.15) is 25.7 Å². The van der Waals surface area contributed by atoms with E-state index in [1.165, 1.54) is 0 Å². The predicted molar refractivity (Wildman–Crippen MR) is 93.4 cm³/mol. The van der Waals surface area contributed by atoms with Crippen LogP contribution in [0.25, 0.3) is 0 Å². The molecule has 6 nitrogen and oxygen atoms in total. The molecule has 0 radical (unpaired) electrons. The molecule has 5 N–H and O–H groups in total. The summed E-state index contributed by atoms with van der Waals surface area (Å²) in [7, 11) is 0. The molecule has 2 fully saturated rings. The van der Waals surface area contributed by atoms with Gasteiger partial charge in [0.25, 0.3) is 0 Å². The second-order valence-electron chi connectivity index (χ2n) is 6.04. The van der Waals surface area contributed by atoms with Gasteiger partial charge in [-0.15, -0.1) is 0 Å². The van der Waals surface area contributed by atoms with Gasteiger partial charge in [-0.05, 0) is 31.0 Å². The zero-order valence-electron chi connectivity index (χ0n) is 12.9. The van der Waals surface area contributed by atoms with Crippen LogP contribution in [0.4, 0.5) is 16.2 Å². The summed E-state index contributed by atoms with van der Waals surface area (Å²) >= 11 is 1.91. The van der Waals surface area contributed by atoms with Crippen molar-refractivity contribution in [3.05, 3.63) is 24.3 Å². The minimum Gasteiger partial charge on any atom is -0.399 e. The first kappa shape index (κ1) is 16.0. The number of unbranched alkanes of at least 4 members (excludes halogenated alkanes) is 1. The largest absolute Gasteiger partial charge is 0.399 e. The minimum absolute atomic E-state index is 0.0170. The summed E-state index contributed by atoms with van der Waals surface area (Å²) in [4.78, 5) is 23.2. The van der Waals surface area contributed by atoms with E-state index in [1.54, 1.807) is 12.1 Å². The van der Waals surface area contributed by atoms with Gasteiger partial charge < -0.3 is 21.7 Å². The number of fused-ring (bicyclic) bond motifs is 1. The number of nitrogens with one attached hydrogen (secondary N) is 3. The lowest BCUT2D eigenvalue weighted by Gasteiger charge is -2.16. The van der Waals surface area contributed by atoms with Crippen molar-refractivity contribution in [2.75, 3.05) is 16.8 Å². The van der Waals surface area contributed by atoms with Crippen LogP contribution in [0.2, 0.25) is 0 Å². The lowest BCUT2D eigenvalue weighted by atomic mass is 10.0. The summed E-state index contributed by atoms with van der Waals surface area (Å²) in [6, 6.07) is 7.66. The van der Waals surface area contributed by atoms with Crippen molar-refractivity contribution in [1.82, 2.24) is 10.6 Å². The highest BCUT2D eigenvalue weighted by Crippen LogP contribution is 2.33. The van der Waals surface area contributed by atoms with Crippen molar-refractivity contribution in [3.8, 4) is 0 Å². The highest BCUT2D eigenvalue weighted by molar-refractivity contribution is 8.00. The lowest BCUT2D eigenvalue weighted by Crippen LogP contribution is -2.36. The standard InChI is InChI=1S/C16H22N4O2S/c17-10-4-3-5-11(8-10)18-14(21)7-2-1-6-13-15-12(9-23-13)19-16(22)20-15/h3-5,8,12-13,15H,1-2,6-7,9,17H2,(H,18,21)(H2,19,20,22)/t12-,13-,15-/m0/s1. The number of rotatable bonds is 6. The molecule has 0 aromatic heterocycles. The number of carbonyl (C=O) groups excluding carboxylic acids is 2. The van der Waals surface area contributed by atoms with E-state index in [-0.39, 0.29) is 24.0 Å². The second-order valence-corrected chi connectivity index (χ2v) is 7.31. The zero-order valence-corrected chi connectivity index (χ0v) is 13.7. The quantitative estimate of drug-likeness (QED) is 0.363. The van der Waals surface area contributed by atoms with Gasteiger partial charge in [-0.3, -0.25) is 4.79 Å². The fourth-order valence-corrected chi connectivity index (χ4v) is 4.66. The van der Waals surface area contributed by atoms with Gasteiger partial charge in [-0.1, -0.05) is 12.5 Å². The monoisotopic (exact) mass is 334 g/mol. The summed E-state index contributed by atoms with van der Waals surface area (Å²) in [5.74, 6) is 0.993. The molecular weight excluding hydrogens is 312 g/mol. The molecule has 0 unspecified atom stereocenters.